The molecular weight excluding hydrogens is 296 g/mol. The number of para-hydroxylation sites is 2. The van der Waals surface area contributed by atoms with E-state index in [9.17, 15) is 14.9 Å². The molecule has 1 atom stereocenters. The van der Waals surface area contributed by atoms with E-state index in [1.807, 2.05) is 0 Å². The molecular formula is C13H13ClN4O3. The van der Waals surface area contributed by atoms with Crippen LogP contribution in [0.3, 0.4) is 0 Å². The van der Waals surface area contributed by atoms with Gasteiger partial charge in [0.1, 0.15) is 5.69 Å². The van der Waals surface area contributed by atoms with Crippen LogP contribution in [0.5, 0.6) is 0 Å². The Hall–Kier alpha value is -2.41. The zero-order valence-corrected chi connectivity index (χ0v) is 11.9. The van der Waals surface area contributed by atoms with E-state index in [0.29, 0.717) is 11.6 Å². The van der Waals surface area contributed by atoms with Gasteiger partial charge in [-0.3, -0.25) is 19.6 Å². The minimum atomic E-state index is -0.534. The molecule has 7 nitrogen and oxygen atoms in total. The topological polar surface area (TPSA) is 90.1 Å². The van der Waals surface area contributed by atoms with E-state index >= 15 is 0 Å². The van der Waals surface area contributed by atoms with Gasteiger partial charge in [-0.25, -0.2) is 0 Å². The standard InChI is InChI=1S/C13H13ClN4O3/c1-9(7-17-8-10(14)6-15-17)13(19)16-11-4-2-3-5-12(11)18(20)21/h2-6,8-9H,7H2,1H3,(H,16,19). The van der Waals surface area contributed by atoms with Gasteiger partial charge in [-0.1, -0.05) is 30.7 Å². The summed E-state index contributed by atoms with van der Waals surface area (Å²) in [6, 6.07) is 6.00. The van der Waals surface area contributed by atoms with Crippen molar-refractivity contribution < 1.29 is 9.72 Å². The van der Waals surface area contributed by atoms with Crippen molar-refractivity contribution in [2.75, 3.05) is 5.32 Å². The van der Waals surface area contributed by atoms with Gasteiger partial charge in [-0.2, -0.15) is 5.10 Å². The molecule has 1 N–H and O–H groups in total. The molecule has 0 aliphatic carbocycles. The molecule has 1 aromatic carbocycles. The van der Waals surface area contributed by atoms with Crippen molar-refractivity contribution in [3.05, 3.63) is 51.8 Å². The number of benzene rings is 1. The summed E-state index contributed by atoms with van der Waals surface area (Å²) >= 11 is 5.75. The molecule has 0 spiro atoms. The van der Waals surface area contributed by atoms with E-state index in [2.05, 4.69) is 10.4 Å². The minimum absolute atomic E-state index is 0.139. The quantitative estimate of drug-likeness (QED) is 0.679. The molecule has 1 unspecified atom stereocenters. The molecule has 8 heteroatoms. The summed E-state index contributed by atoms with van der Waals surface area (Å²) < 4.78 is 1.55. The molecule has 110 valence electrons. The number of hydrogen-bond acceptors (Lipinski definition) is 4. The van der Waals surface area contributed by atoms with Crippen molar-refractivity contribution in [3.63, 3.8) is 0 Å². The lowest BCUT2D eigenvalue weighted by molar-refractivity contribution is -0.383. The fourth-order valence-electron chi connectivity index (χ4n) is 1.80. The van der Waals surface area contributed by atoms with Crippen molar-refractivity contribution in [1.82, 2.24) is 9.78 Å². The highest BCUT2D eigenvalue weighted by molar-refractivity contribution is 6.30. The normalized spacial score (nSPS) is 11.9. The summed E-state index contributed by atoms with van der Waals surface area (Å²) in [6.45, 7) is 2.04. The first-order valence-corrected chi connectivity index (χ1v) is 6.57. The summed E-state index contributed by atoms with van der Waals surface area (Å²) in [4.78, 5) is 22.4. The smallest absolute Gasteiger partial charge is 0.292 e. The molecule has 2 rings (SSSR count). The van der Waals surface area contributed by atoms with Gasteiger partial charge in [0.25, 0.3) is 5.69 Å². The number of nitrogens with zero attached hydrogens (tertiary/aromatic N) is 3. The number of carbonyl (C=O) groups is 1. The molecule has 0 saturated heterocycles. The average Bonchev–Trinajstić information content (AvgIpc) is 2.84. The Labute approximate surface area is 125 Å². The third-order valence-electron chi connectivity index (χ3n) is 2.87. The van der Waals surface area contributed by atoms with Crippen LogP contribution in [0.25, 0.3) is 0 Å². The van der Waals surface area contributed by atoms with Crippen molar-refractivity contribution in [2.24, 2.45) is 5.92 Å². The van der Waals surface area contributed by atoms with Crippen molar-refractivity contribution >= 4 is 28.9 Å². The van der Waals surface area contributed by atoms with Gasteiger partial charge in [-0.15, -0.1) is 0 Å². The predicted octanol–water partition coefficient (Wildman–Crippen LogP) is 2.72. The van der Waals surface area contributed by atoms with Crippen LogP contribution in [0, 0.1) is 16.0 Å². The van der Waals surface area contributed by atoms with Gasteiger partial charge in [0.2, 0.25) is 5.91 Å². The van der Waals surface area contributed by atoms with Gasteiger partial charge in [-0.05, 0) is 6.07 Å². The lowest BCUT2D eigenvalue weighted by atomic mass is 10.1. The third-order valence-corrected chi connectivity index (χ3v) is 3.06. The lowest BCUT2D eigenvalue weighted by Gasteiger charge is -2.12. The van der Waals surface area contributed by atoms with Crippen LogP contribution < -0.4 is 5.32 Å². The number of nitrogens with one attached hydrogen (secondary N) is 1. The van der Waals surface area contributed by atoms with E-state index in [1.165, 1.54) is 18.3 Å². The third kappa shape index (κ3) is 3.79. The van der Waals surface area contributed by atoms with Gasteiger partial charge >= 0.3 is 0 Å². The number of anilines is 1. The van der Waals surface area contributed by atoms with Crippen LogP contribution in [0.4, 0.5) is 11.4 Å². The molecule has 2 aromatic rings. The predicted molar refractivity (Wildman–Crippen MR) is 78.1 cm³/mol. The molecule has 0 saturated carbocycles. The summed E-state index contributed by atoms with van der Waals surface area (Å²) in [5.41, 5.74) is 0.0398. The fraction of sp³-hybridized carbons (Fsp3) is 0.231. The molecule has 0 bridgehead atoms. The highest BCUT2D eigenvalue weighted by Crippen LogP contribution is 2.23. The van der Waals surface area contributed by atoms with Crippen LogP contribution in [-0.2, 0) is 11.3 Å². The first-order chi connectivity index (χ1) is 9.97. The second kappa shape index (κ2) is 6.36. The first-order valence-electron chi connectivity index (χ1n) is 6.19. The fourth-order valence-corrected chi connectivity index (χ4v) is 1.95. The largest absolute Gasteiger partial charge is 0.320 e. The summed E-state index contributed by atoms with van der Waals surface area (Å²) in [7, 11) is 0. The maximum atomic E-state index is 12.1. The van der Waals surface area contributed by atoms with E-state index in [4.69, 9.17) is 11.6 Å². The Morgan fingerprint density at radius 1 is 1.52 bits per heavy atom. The van der Waals surface area contributed by atoms with Crippen LogP contribution in [-0.4, -0.2) is 20.6 Å². The van der Waals surface area contributed by atoms with Crippen molar-refractivity contribution in [1.29, 1.82) is 0 Å². The van der Waals surface area contributed by atoms with Gasteiger partial charge in [0.05, 0.1) is 28.6 Å². The number of nitro groups is 1. The Balaban J connectivity index is 2.05. The minimum Gasteiger partial charge on any atom is -0.320 e. The second-order valence-corrected chi connectivity index (χ2v) is 4.98. The maximum Gasteiger partial charge on any atom is 0.292 e. The van der Waals surface area contributed by atoms with E-state index in [0.717, 1.165) is 0 Å². The van der Waals surface area contributed by atoms with Gasteiger partial charge < -0.3 is 5.32 Å². The molecule has 0 aliphatic heterocycles. The number of rotatable bonds is 5. The Kier molecular flexibility index (Phi) is 4.54. The Morgan fingerprint density at radius 2 is 2.24 bits per heavy atom. The van der Waals surface area contributed by atoms with Crippen molar-refractivity contribution in [3.8, 4) is 0 Å². The van der Waals surface area contributed by atoms with E-state index in [1.54, 1.807) is 29.9 Å². The SMILES string of the molecule is CC(Cn1cc(Cl)cn1)C(=O)Nc1ccccc1[N+](=O)[O-]. The Morgan fingerprint density at radius 3 is 2.86 bits per heavy atom. The van der Waals surface area contributed by atoms with Crippen LogP contribution >= 0.6 is 11.6 Å². The monoisotopic (exact) mass is 308 g/mol. The number of amides is 1. The molecule has 1 amide bonds. The molecule has 0 aliphatic rings. The number of aromatic nitrogens is 2. The highest BCUT2D eigenvalue weighted by atomic mass is 35.5. The average molecular weight is 309 g/mol. The molecule has 0 radical (unpaired) electrons. The van der Waals surface area contributed by atoms with Crippen LogP contribution in [0.15, 0.2) is 36.7 Å². The van der Waals surface area contributed by atoms with Crippen LogP contribution in [0.2, 0.25) is 5.02 Å². The zero-order valence-electron chi connectivity index (χ0n) is 11.2. The highest BCUT2D eigenvalue weighted by Gasteiger charge is 2.19. The summed E-state index contributed by atoms with van der Waals surface area (Å²) in [6.07, 6.45) is 3.09. The van der Waals surface area contributed by atoms with E-state index in [-0.39, 0.29) is 17.3 Å². The number of hydrogen-bond donors (Lipinski definition) is 1. The lowest BCUT2D eigenvalue weighted by Crippen LogP contribution is -2.25. The van der Waals surface area contributed by atoms with E-state index < -0.39 is 10.8 Å². The maximum absolute atomic E-state index is 12.1. The summed E-state index contributed by atoms with van der Waals surface area (Å²) in [5, 5.41) is 17.9. The number of halogens is 1. The van der Waals surface area contributed by atoms with Gasteiger partial charge in [0.15, 0.2) is 0 Å². The zero-order chi connectivity index (χ0) is 15.4. The first kappa shape index (κ1) is 15.0. The molecule has 21 heavy (non-hydrogen) atoms. The van der Waals surface area contributed by atoms with Gasteiger partial charge in [0, 0.05) is 12.3 Å². The second-order valence-electron chi connectivity index (χ2n) is 4.55. The summed E-state index contributed by atoms with van der Waals surface area (Å²) in [5.74, 6) is -0.739. The molecule has 1 aromatic heterocycles. The Bertz CT molecular complexity index is 671. The number of nitro benzene ring substituents is 1. The van der Waals surface area contributed by atoms with Crippen LogP contribution in [0.1, 0.15) is 6.92 Å². The number of carbonyl (C=O) groups excluding carboxylic acids is 1. The van der Waals surface area contributed by atoms with Crippen molar-refractivity contribution in [2.45, 2.75) is 13.5 Å². The molecule has 0 fully saturated rings. The molecule has 1 heterocycles.